The number of piperidine rings is 1. The Morgan fingerprint density at radius 1 is 1.18 bits per heavy atom. The molecule has 0 bridgehead atoms. The van der Waals surface area contributed by atoms with Crippen LogP contribution in [0.5, 0.6) is 5.75 Å². The maximum atomic E-state index is 14.0. The van der Waals surface area contributed by atoms with Crippen molar-refractivity contribution in [1.82, 2.24) is 33.9 Å². The predicted molar refractivity (Wildman–Crippen MR) is 120 cm³/mol. The summed E-state index contributed by atoms with van der Waals surface area (Å²) >= 11 is 6.26. The van der Waals surface area contributed by atoms with Crippen LogP contribution in [0.4, 0.5) is 8.78 Å². The standard InChI is InChI=1S/C20H21BClF2N7O2/c1-21(32)29-8-6-11(7-9-29)30-10-25-15-17(30)27-20(22)28-18(15)31-12-4-3-5-13(33-2)14(12)26-19(31)16(23)24/h3-5,10-11,16,32H,6-9H2,1-2H3. The molecule has 0 spiro atoms. The molecule has 1 N–H and O–H groups in total. The van der Waals surface area contributed by atoms with Crippen LogP contribution in [-0.2, 0) is 0 Å². The summed E-state index contributed by atoms with van der Waals surface area (Å²) in [7, 11) is 0.952. The summed E-state index contributed by atoms with van der Waals surface area (Å²) in [6.45, 7) is 3.18. The lowest BCUT2D eigenvalue weighted by atomic mass is 9.82. The first-order chi connectivity index (χ1) is 15.9. The van der Waals surface area contributed by atoms with Crippen molar-refractivity contribution in [3.05, 3.63) is 35.6 Å². The van der Waals surface area contributed by atoms with Gasteiger partial charge >= 0.3 is 7.05 Å². The molecular formula is C20H21BClF2N7O2. The van der Waals surface area contributed by atoms with Gasteiger partial charge in [-0.05, 0) is 56.5 Å². The molecule has 1 aromatic carbocycles. The number of alkyl halides is 2. The second kappa shape index (κ2) is 8.51. The topological polar surface area (TPSA) is 94.1 Å². The first-order valence-electron chi connectivity index (χ1n) is 10.5. The van der Waals surface area contributed by atoms with Crippen LogP contribution in [-0.4, -0.2) is 66.2 Å². The van der Waals surface area contributed by atoms with Crippen molar-refractivity contribution < 1.29 is 18.5 Å². The molecule has 0 unspecified atom stereocenters. The molecule has 5 rings (SSSR count). The molecule has 172 valence electrons. The van der Waals surface area contributed by atoms with Crippen molar-refractivity contribution >= 4 is 40.8 Å². The minimum absolute atomic E-state index is 0.0781. The quantitative estimate of drug-likeness (QED) is 0.349. The van der Waals surface area contributed by atoms with Gasteiger partial charge < -0.3 is 19.1 Å². The molecular weight excluding hydrogens is 455 g/mol. The summed E-state index contributed by atoms with van der Waals surface area (Å²) in [5, 5.41) is 9.75. The number of rotatable bonds is 5. The summed E-state index contributed by atoms with van der Waals surface area (Å²) in [4.78, 5) is 19.3. The lowest BCUT2D eigenvalue weighted by Crippen LogP contribution is -2.43. The van der Waals surface area contributed by atoms with Gasteiger partial charge in [0, 0.05) is 6.04 Å². The van der Waals surface area contributed by atoms with Gasteiger partial charge in [-0.2, -0.15) is 9.97 Å². The Labute approximate surface area is 193 Å². The van der Waals surface area contributed by atoms with Gasteiger partial charge in [-0.1, -0.05) is 6.07 Å². The number of fused-ring (bicyclic) bond motifs is 2. The molecule has 9 nitrogen and oxygen atoms in total. The van der Waals surface area contributed by atoms with E-state index in [9.17, 15) is 13.8 Å². The highest BCUT2D eigenvalue weighted by Gasteiger charge is 2.29. The number of hydrogen-bond donors (Lipinski definition) is 1. The summed E-state index contributed by atoms with van der Waals surface area (Å²) in [5.41, 5.74) is 1.51. The highest BCUT2D eigenvalue weighted by Crippen LogP contribution is 2.35. The molecule has 13 heteroatoms. The van der Waals surface area contributed by atoms with Crippen LogP contribution < -0.4 is 4.74 Å². The molecule has 4 aromatic rings. The number of imidazole rings is 2. The molecule has 0 atom stereocenters. The minimum atomic E-state index is -2.86. The Kier molecular flexibility index (Phi) is 5.67. The molecule has 4 heterocycles. The van der Waals surface area contributed by atoms with Gasteiger partial charge in [0.2, 0.25) is 5.28 Å². The van der Waals surface area contributed by atoms with Crippen LogP contribution in [0.1, 0.15) is 31.1 Å². The normalized spacial score (nSPS) is 15.7. The van der Waals surface area contributed by atoms with Crippen molar-refractivity contribution in [2.75, 3.05) is 20.2 Å². The van der Waals surface area contributed by atoms with Crippen LogP contribution in [0.25, 0.3) is 28.0 Å². The van der Waals surface area contributed by atoms with E-state index < -0.39 is 19.3 Å². The van der Waals surface area contributed by atoms with E-state index in [0.29, 0.717) is 27.9 Å². The van der Waals surface area contributed by atoms with Crippen LogP contribution >= 0.6 is 11.6 Å². The highest BCUT2D eigenvalue weighted by molar-refractivity contribution is 6.45. The van der Waals surface area contributed by atoms with Crippen LogP contribution in [0.3, 0.4) is 0 Å². The zero-order chi connectivity index (χ0) is 23.3. The SMILES string of the molecule is COc1cccc2c1nc(C(F)F)n2-c1nc(Cl)nc2c1ncn2C1CCN(B(C)O)CC1. The van der Waals surface area contributed by atoms with Gasteiger partial charge in [0.05, 0.1) is 19.0 Å². The maximum absolute atomic E-state index is 14.0. The van der Waals surface area contributed by atoms with Gasteiger partial charge in [-0.3, -0.25) is 4.57 Å². The number of halogens is 3. The number of nitrogens with zero attached hydrogens (tertiary/aromatic N) is 7. The Bertz CT molecular complexity index is 1320. The van der Waals surface area contributed by atoms with Crippen molar-refractivity contribution in [3.8, 4) is 11.6 Å². The number of methoxy groups -OCH3 is 1. The van der Waals surface area contributed by atoms with Gasteiger partial charge in [0.25, 0.3) is 6.43 Å². The lowest BCUT2D eigenvalue weighted by molar-refractivity contribution is 0.139. The van der Waals surface area contributed by atoms with Crippen molar-refractivity contribution in [1.29, 1.82) is 0 Å². The van der Waals surface area contributed by atoms with E-state index in [0.717, 1.165) is 25.9 Å². The molecule has 1 aliphatic rings. The molecule has 33 heavy (non-hydrogen) atoms. The van der Waals surface area contributed by atoms with Crippen LogP contribution in [0, 0.1) is 0 Å². The highest BCUT2D eigenvalue weighted by atomic mass is 35.5. The number of ether oxygens (including phenoxy) is 1. The Morgan fingerprint density at radius 2 is 1.94 bits per heavy atom. The summed E-state index contributed by atoms with van der Waals surface area (Å²) in [6, 6.07) is 5.11. The molecule has 0 aliphatic carbocycles. The van der Waals surface area contributed by atoms with Crippen molar-refractivity contribution in [3.63, 3.8) is 0 Å². The van der Waals surface area contributed by atoms with Gasteiger partial charge in [-0.25, -0.2) is 18.7 Å². The van der Waals surface area contributed by atoms with E-state index in [1.807, 2.05) is 9.38 Å². The van der Waals surface area contributed by atoms with Crippen molar-refractivity contribution in [2.45, 2.75) is 32.1 Å². The maximum Gasteiger partial charge on any atom is 0.376 e. The Hall–Kier alpha value is -2.83. The average Bonchev–Trinajstić information content (AvgIpc) is 3.40. The van der Waals surface area contributed by atoms with Crippen LogP contribution in [0.2, 0.25) is 12.1 Å². The van der Waals surface area contributed by atoms with E-state index >= 15 is 0 Å². The summed E-state index contributed by atoms with van der Waals surface area (Å²) in [6.07, 6.45) is 0.336. The van der Waals surface area contributed by atoms with Crippen LogP contribution in [0.15, 0.2) is 24.5 Å². The fourth-order valence-corrected chi connectivity index (χ4v) is 4.62. The first-order valence-corrected chi connectivity index (χ1v) is 10.9. The van der Waals surface area contributed by atoms with Gasteiger partial charge in [-0.15, -0.1) is 0 Å². The zero-order valence-electron chi connectivity index (χ0n) is 18.0. The molecule has 0 saturated carbocycles. The molecule has 0 radical (unpaired) electrons. The molecule has 3 aromatic heterocycles. The first kappa shape index (κ1) is 22.0. The third kappa shape index (κ3) is 3.71. The van der Waals surface area contributed by atoms with E-state index in [4.69, 9.17) is 16.3 Å². The fraction of sp³-hybridized carbons (Fsp3) is 0.400. The Morgan fingerprint density at radius 3 is 2.61 bits per heavy atom. The number of para-hydroxylation sites is 1. The molecule has 1 aliphatic heterocycles. The van der Waals surface area contributed by atoms with E-state index in [2.05, 4.69) is 19.9 Å². The van der Waals surface area contributed by atoms with Crippen molar-refractivity contribution in [2.24, 2.45) is 0 Å². The smallest absolute Gasteiger partial charge is 0.376 e. The summed E-state index contributed by atoms with van der Waals surface area (Å²) in [5.74, 6) is 0.0292. The third-order valence-electron chi connectivity index (χ3n) is 6.10. The lowest BCUT2D eigenvalue weighted by Gasteiger charge is -2.33. The molecule has 1 saturated heterocycles. The molecule has 1 fully saturated rings. The number of aromatic nitrogens is 6. The average molecular weight is 476 g/mol. The van der Waals surface area contributed by atoms with E-state index in [1.165, 1.54) is 11.7 Å². The molecule has 0 amide bonds. The predicted octanol–water partition coefficient (Wildman–Crippen LogP) is 3.51. The largest absolute Gasteiger partial charge is 0.494 e. The number of benzene rings is 1. The van der Waals surface area contributed by atoms with Gasteiger partial charge in [0.15, 0.2) is 22.8 Å². The second-order valence-corrected chi connectivity index (χ2v) is 8.31. The third-order valence-corrected chi connectivity index (χ3v) is 6.27. The van der Waals surface area contributed by atoms with Gasteiger partial charge in [0.1, 0.15) is 11.3 Å². The number of hydrogen-bond acceptors (Lipinski definition) is 7. The second-order valence-electron chi connectivity index (χ2n) is 7.97. The van der Waals surface area contributed by atoms with E-state index in [1.54, 1.807) is 31.3 Å². The Balaban J connectivity index is 1.67. The monoisotopic (exact) mass is 475 g/mol. The minimum Gasteiger partial charge on any atom is -0.494 e. The van der Waals surface area contributed by atoms with E-state index in [-0.39, 0.29) is 17.1 Å². The fourth-order valence-electron chi connectivity index (χ4n) is 4.46. The zero-order valence-corrected chi connectivity index (χ0v) is 18.7. The summed E-state index contributed by atoms with van der Waals surface area (Å²) < 4.78 is 36.6.